The first-order valence-corrected chi connectivity index (χ1v) is 8.28. The molecule has 0 spiro atoms. The molecule has 1 saturated carbocycles. The van der Waals surface area contributed by atoms with Crippen LogP contribution in [-0.2, 0) is 10.0 Å². The lowest BCUT2D eigenvalue weighted by Crippen LogP contribution is -2.44. The average Bonchev–Trinajstić information content (AvgIpc) is 2.82. The number of carbonyl (C=O) groups is 1. The molecule has 0 bridgehead atoms. The van der Waals surface area contributed by atoms with Crippen LogP contribution >= 0.6 is 11.3 Å². The monoisotopic (exact) mass is 305 g/mol. The lowest BCUT2D eigenvalue weighted by molar-refractivity contribution is 0.0702. The Hall–Kier alpha value is -0.960. The van der Waals surface area contributed by atoms with E-state index in [1.807, 2.05) is 0 Å². The van der Waals surface area contributed by atoms with Crippen LogP contribution in [0.2, 0.25) is 0 Å². The fraction of sp³-hybridized carbons (Fsp3) is 0.545. The van der Waals surface area contributed by atoms with Gasteiger partial charge in [0, 0.05) is 11.4 Å². The van der Waals surface area contributed by atoms with Gasteiger partial charge in [-0.25, -0.2) is 17.9 Å². The Morgan fingerprint density at radius 2 is 2.05 bits per heavy atom. The first kappa shape index (κ1) is 14.4. The lowest BCUT2D eigenvalue weighted by atomic mass is 9.93. The Morgan fingerprint density at radius 3 is 2.63 bits per heavy atom. The van der Waals surface area contributed by atoms with Gasteiger partial charge >= 0.3 is 5.97 Å². The summed E-state index contributed by atoms with van der Waals surface area (Å²) in [5, 5.41) is 19.8. The second kappa shape index (κ2) is 5.58. The Kier molecular flexibility index (Phi) is 4.24. The van der Waals surface area contributed by atoms with Gasteiger partial charge in [-0.05, 0) is 18.9 Å². The van der Waals surface area contributed by atoms with Crippen molar-refractivity contribution in [2.24, 2.45) is 0 Å². The Balaban J connectivity index is 2.15. The number of thiophene rings is 1. The molecule has 1 aliphatic carbocycles. The Morgan fingerprint density at radius 1 is 1.37 bits per heavy atom. The minimum Gasteiger partial charge on any atom is -0.477 e. The highest BCUT2D eigenvalue weighted by Gasteiger charge is 2.28. The summed E-state index contributed by atoms with van der Waals surface area (Å²) in [6.07, 6.45) is 2.25. The van der Waals surface area contributed by atoms with Crippen LogP contribution in [0.15, 0.2) is 16.3 Å². The van der Waals surface area contributed by atoms with Crippen molar-refractivity contribution in [3.8, 4) is 0 Å². The normalized spacial score (nSPS) is 24.3. The molecule has 19 heavy (non-hydrogen) atoms. The van der Waals surface area contributed by atoms with Gasteiger partial charge in [0.25, 0.3) is 0 Å². The number of nitrogens with one attached hydrogen (secondary N) is 1. The van der Waals surface area contributed by atoms with Gasteiger partial charge in [-0.2, -0.15) is 0 Å². The van der Waals surface area contributed by atoms with E-state index in [9.17, 15) is 18.3 Å². The highest BCUT2D eigenvalue weighted by Crippen LogP contribution is 2.23. The fourth-order valence-electron chi connectivity index (χ4n) is 2.09. The van der Waals surface area contributed by atoms with Crippen LogP contribution in [0.1, 0.15) is 35.4 Å². The first-order chi connectivity index (χ1) is 8.90. The van der Waals surface area contributed by atoms with E-state index < -0.39 is 28.1 Å². The summed E-state index contributed by atoms with van der Waals surface area (Å²) in [6.45, 7) is 0. The van der Waals surface area contributed by atoms with Gasteiger partial charge < -0.3 is 10.2 Å². The average molecular weight is 305 g/mol. The van der Waals surface area contributed by atoms with Crippen molar-refractivity contribution in [2.75, 3.05) is 0 Å². The van der Waals surface area contributed by atoms with E-state index in [-0.39, 0.29) is 9.77 Å². The topological polar surface area (TPSA) is 104 Å². The Bertz CT molecular complexity index is 565. The van der Waals surface area contributed by atoms with Gasteiger partial charge in [0.05, 0.1) is 11.0 Å². The molecule has 8 heteroatoms. The molecule has 0 unspecified atom stereocenters. The molecule has 1 aromatic rings. The molecule has 2 atom stereocenters. The molecule has 0 saturated heterocycles. The van der Waals surface area contributed by atoms with Crippen LogP contribution in [-0.4, -0.2) is 36.7 Å². The molecule has 6 nitrogen and oxygen atoms in total. The fourth-order valence-corrected chi connectivity index (χ4v) is 4.50. The summed E-state index contributed by atoms with van der Waals surface area (Å²) in [5.74, 6) is -1.15. The lowest BCUT2D eigenvalue weighted by Gasteiger charge is -2.27. The summed E-state index contributed by atoms with van der Waals surface area (Å²) >= 11 is 0.866. The number of hydrogen-bond donors (Lipinski definition) is 3. The molecule has 1 fully saturated rings. The third-order valence-electron chi connectivity index (χ3n) is 3.13. The third kappa shape index (κ3) is 3.33. The number of rotatable bonds is 4. The number of aliphatic hydroxyl groups excluding tert-OH is 1. The molecule has 0 amide bonds. The zero-order valence-electron chi connectivity index (χ0n) is 10.1. The largest absolute Gasteiger partial charge is 0.477 e. The Labute approximate surface area is 115 Å². The van der Waals surface area contributed by atoms with Crippen molar-refractivity contribution in [1.29, 1.82) is 0 Å². The van der Waals surface area contributed by atoms with E-state index in [1.165, 1.54) is 5.38 Å². The number of sulfonamides is 1. The SMILES string of the molecule is O=C(O)c1cc(S(=O)(=O)N[C@H]2CCCC[C@@H]2O)cs1. The minimum atomic E-state index is -3.77. The van der Waals surface area contributed by atoms with E-state index in [0.717, 1.165) is 30.2 Å². The summed E-state index contributed by atoms with van der Waals surface area (Å²) < 4.78 is 26.6. The van der Waals surface area contributed by atoms with Gasteiger partial charge in [0.2, 0.25) is 10.0 Å². The van der Waals surface area contributed by atoms with Crippen molar-refractivity contribution in [3.63, 3.8) is 0 Å². The maximum atomic E-state index is 12.1. The maximum Gasteiger partial charge on any atom is 0.345 e. The quantitative estimate of drug-likeness (QED) is 0.770. The van der Waals surface area contributed by atoms with Gasteiger partial charge in [0.15, 0.2) is 0 Å². The molecule has 3 N–H and O–H groups in total. The maximum absolute atomic E-state index is 12.1. The molecule has 1 aromatic heterocycles. The van der Waals surface area contributed by atoms with Gasteiger partial charge in [-0.3, -0.25) is 0 Å². The summed E-state index contributed by atoms with van der Waals surface area (Å²) in [6, 6.07) is 0.636. The van der Waals surface area contributed by atoms with Crippen LogP contribution in [0.5, 0.6) is 0 Å². The van der Waals surface area contributed by atoms with Crippen molar-refractivity contribution in [2.45, 2.75) is 42.7 Å². The molecule has 2 rings (SSSR count). The van der Waals surface area contributed by atoms with Crippen LogP contribution in [0.4, 0.5) is 0 Å². The zero-order valence-corrected chi connectivity index (χ0v) is 11.7. The van der Waals surface area contributed by atoms with E-state index in [2.05, 4.69) is 4.72 Å². The van der Waals surface area contributed by atoms with Crippen LogP contribution in [0, 0.1) is 0 Å². The van der Waals surface area contributed by atoms with E-state index in [4.69, 9.17) is 5.11 Å². The number of carboxylic acid groups (broad SMARTS) is 1. The van der Waals surface area contributed by atoms with Crippen molar-refractivity contribution < 1.29 is 23.4 Å². The van der Waals surface area contributed by atoms with Crippen LogP contribution in [0.25, 0.3) is 0 Å². The molecular formula is C11H15NO5S2. The zero-order chi connectivity index (χ0) is 14.0. The summed E-state index contributed by atoms with van der Waals surface area (Å²) in [4.78, 5) is 10.7. The van der Waals surface area contributed by atoms with Crippen LogP contribution in [0.3, 0.4) is 0 Å². The number of aromatic carboxylic acids is 1. The van der Waals surface area contributed by atoms with E-state index in [0.29, 0.717) is 12.8 Å². The predicted octanol–water partition coefficient (Wildman–Crippen LogP) is 1.03. The number of aliphatic hydroxyl groups is 1. The van der Waals surface area contributed by atoms with Gasteiger partial charge in [-0.15, -0.1) is 11.3 Å². The molecule has 0 aliphatic heterocycles. The number of carboxylic acids is 1. The summed E-state index contributed by atoms with van der Waals surface area (Å²) in [7, 11) is -3.77. The standard InChI is InChI=1S/C11H15NO5S2/c13-9-4-2-1-3-8(9)12-19(16,17)7-5-10(11(14)15)18-6-7/h5-6,8-9,12-13H,1-4H2,(H,14,15)/t8-,9-/m0/s1. The van der Waals surface area contributed by atoms with E-state index >= 15 is 0 Å². The summed E-state index contributed by atoms with van der Waals surface area (Å²) in [5.41, 5.74) is 0. The van der Waals surface area contributed by atoms with Crippen molar-refractivity contribution in [3.05, 3.63) is 16.3 Å². The van der Waals surface area contributed by atoms with Crippen LogP contribution < -0.4 is 4.72 Å². The van der Waals surface area contributed by atoms with E-state index in [1.54, 1.807) is 0 Å². The molecule has 106 valence electrons. The third-order valence-corrected chi connectivity index (χ3v) is 5.67. The molecule has 1 heterocycles. The predicted molar refractivity (Wildman–Crippen MR) is 69.9 cm³/mol. The number of hydrogen-bond acceptors (Lipinski definition) is 5. The minimum absolute atomic E-state index is 0.0235. The highest BCUT2D eigenvalue weighted by molar-refractivity contribution is 7.89. The first-order valence-electron chi connectivity index (χ1n) is 5.92. The highest BCUT2D eigenvalue weighted by atomic mass is 32.2. The van der Waals surface area contributed by atoms with Gasteiger partial charge in [0.1, 0.15) is 4.88 Å². The second-order valence-corrected chi connectivity index (χ2v) is 7.16. The van der Waals surface area contributed by atoms with Gasteiger partial charge in [-0.1, -0.05) is 12.8 Å². The van der Waals surface area contributed by atoms with Crippen molar-refractivity contribution >= 4 is 27.3 Å². The molecule has 0 radical (unpaired) electrons. The molecule has 0 aromatic carbocycles. The van der Waals surface area contributed by atoms with Crippen molar-refractivity contribution in [1.82, 2.24) is 4.72 Å². The molecule has 1 aliphatic rings. The second-order valence-electron chi connectivity index (χ2n) is 4.53. The molecular weight excluding hydrogens is 290 g/mol. The smallest absolute Gasteiger partial charge is 0.345 e.